The second-order valence-corrected chi connectivity index (χ2v) is 8.69. The summed E-state index contributed by atoms with van der Waals surface area (Å²) in [6.07, 6.45) is 5.13. The van der Waals surface area contributed by atoms with Gasteiger partial charge in [-0.05, 0) is 37.5 Å². The fraction of sp³-hybridized carbons (Fsp3) is 0.385. The first-order valence-corrected chi connectivity index (χ1v) is 12.3. The van der Waals surface area contributed by atoms with Crippen molar-refractivity contribution in [3.05, 3.63) is 65.5 Å². The lowest BCUT2D eigenvalue weighted by Gasteiger charge is -2.30. The summed E-state index contributed by atoms with van der Waals surface area (Å²) >= 11 is 0. The number of hydrogen-bond donors (Lipinski definition) is 1. The summed E-state index contributed by atoms with van der Waals surface area (Å²) in [4.78, 5) is 18.3. The van der Waals surface area contributed by atoms with Crippen molar-refractivity contribution < 1.29 is 13.9 Å². The predicted octanol–water partition coefficient (Wildman–Crippen LogP) is 3.86. The van der Waals surface area contributed by atoms with Gasteiger partial charge in [0.1, 0.15) is 18.2 Å². The molecule has 3 heterocycles. The first kappa shape index (κ1) is 23.9. The molecular formula is C26H30FN7O2. The zero-order valence-electron chi connectivity index (χ0n) is 20.1. The van der Waals surface area contributed by atoms with Crippen molar-refractivity contribution in [2.45, 2.75) is 25.9 Å². The second kappa shape index (κ2) is 11.8. The molecule has 5 rings (SSSR count). The highest BCUT2D eigenvalue weighted by atomic mass is 19.1. The molecule has 0 atom stereocenters. The van der Waals surface area contributed by atoms with E-state index in [4.69, 9.17) is 14.5 Å². The molecule has 2 saturated heterocycles. The SMILES string of the molecule is Fc1ccccc1COc1ccccc1/C=N\Nc1nc(N2CCCCC2)nc(N2CCOCC2)n1. The molecule has 10 heteroatoms. The molecule has 2 aromatic carbocycles. The number of morpholine rings is 1. The predicted molar refractivity (Wildman–Crippen MR) is 137 cm³/mol. The number of nitrogens with one attached hydrogen (secondary N) is 1. The molecule has 3 aromatic rings. The van der Waals surface area contributed by atoms with Gasteiger partial charge in [-0.3, -0.25) is 0 Å². The molecule has 2 fully saturated rings. The molecule has 0 amide bonds. The fourth-order valence-corrected chi connectivity index (χ4v) is 4.19. The fourth-order valence-electron chi connectivity index (χ4n) is 4.19. The molecule has 0 unspecified atom stereocenters. The van der Waals surface area contributed by atoms with Gasteiger partial charge in [0.05, 0.1) is 19.4 Å². The van der Waals surface area contributed by atoms with Crippen molar-refractivity contribution in [3.63, 3.8) is 0 Å². The standard InChI is InChI=1S/C26H30FN7O2/c27-22-10-4-2-9-21(22)19-36-23-11-5-3-8-20(23)18-28-32-24-29-25(33-12-6-1-7-13-33)31-26(30-24)34-14-16-35-17-15-34/h2-5,8-11,18H,1,6-7,12-17,19H2,(H,29,30,31,32)/b28-18-. The van der Waals surface area contributed by atoms with E-state index in [1.807, 2.05) is 24.3 Å². The number of hydrogen-bond acceptors (Lipinski definition) is 9. The van der Waals surface area contributed by atoms with Gasteiger partial charge in [-0.15, -0.1) is 0 Å². The van der Waals surface area contributed by atoms with E-state index in [-0.39, 0.29) is 12.4 Å². The molecule has 188 valence electrons. The highest BCUT2D eigenvalue weighted by Crippen LogP contribution is 2.22. The quantitative estimate of drug-likeness (QED) is 0.375. The zero-order chi connectivity index (χ0) is 24.6. The van der Waals surface area contributed by atoms with E-state index in [2.05, 4.69) is 30.3 Å². The summed E-state index contributed by atoms with van der Waals surface area (Å²) in [6.45, 7) is 4.76. The van der Waals surface area contributed by atoms with Crippen LogP contribution in [0.2, 0.25) is 0 Å². The van der Waals surface area contributed by atoms with Gasteiger partial charge in [0.15, 0.2) is 0 Å². The van der Waals surface area contributed by atoms with E-state index in [1.54, 1.807) is 24.4 Å². The summed E-state index contributed by atoms with van der Waals surface area (Å²) < 4.78 is 25.3. The Bertz CT molecular complexity index is 1140. The average Bonchev–Trinajstić information content (AvgIpc) is 2.94. The lowest BCUT2D eigenvalue weighted by atomic mass is 10.1. The third-order valence-electron chi connectivity index (χ3n) is 6.17. The molecule has 0 saturated carbocycles. The number of para-hydroxylation sites is 1. The van der Waals surface area contributed by atoms with Crippen molar-refractivity contribution >= 4 is 24.1 Å². The van der Waals surface area contributed by atoms with E-state index in [0.29, 0.717) is 42.4 Å². The van der Waals surface area contributed by atoms with Crippen LogP contribution in [0.4, 0.5) is 22.2 Å². The van der Waals surface area contributed by atoms with E-state index in [0.717, 1.165) is 44.6 Å². The van der Waals surface area contributed by atoms with Crippen LogP contribution in [0.3, 0.4) is 0 Å². The molecule has 0 aliphatic carbocycles. The number of halogens is 1. The summed E-state index contributed by atoms with van der Waals surface area (Å²) in [7, 11) is 0. The lowest BCUT2D eigenvalue weighted by Crippen LogP contribution is -2.38. The highest BCUT2D eigenvalue weighted by molar-refractivity contribution is 5.83. The maximum Gasteiger partial charge on any atom is 0.250 e. The smallest absolute Gasteiger partial charge is 0.250 e. The molecule has 0 spiro atoms. The number of benzene rings is 2. The van der Waals surface area contributed by atoms with Crippen LogP contribution in [0.15, 0.2) is 53.6 Å². The first-order valence-electron chi connectivity index (χ1n) is 12.3. The number of aromatic nitrogens is 3. The number of hydrazone groups is 1. The normalized spacial score (nSPS) is 16.4. The summed E-state index contributed by atoms with van der Waals surface area (Å²) in [5, 5.41) is 4.37. The molecule has 0 bridgehead atoms. The van der Waals surface area contributed by atoms with Crippen LogP contribution in [0, 0.1) is 5.82 Å². The molecule has 1 aromatic heterocycles. The van der Waals surface area contributed by atoms with Crippen LogP contribution >= 0.6 is 0 Å². The van der Waals surface area contributed by atoms with Gasteiger partial charge in [0.2, 0.25) is 17.8 Å². The van der Waals surface area contributed by atoms with Gasteiger partial charge in [0.25, 0.3) is 0 Å². The largest absolute Gasteiger partial charge is 0.488 e. The van der Waals surface area contributed by atoms with Crippen LogP contribution in [-0.2, 0) is 11.3 Å². The van der Waals surface area contributed by atoms with Crippen molar-refractivity contribution in [1.29, 1.82) is 0 Å². The van der Waals surface area contributed by atoms with Gasteiger partial charge in [0, 0.05) is 37.3 Å². The Morgan fingerprint density at radius 3 is 2.36 bits per heavy atom. The Morgan fingerprint density at radius 2 is 1.58 bits per heavy atom. The minimum atomic E-state index is -0.291. The summed E-state index contributed by atoms with van der Waals surface area (Å²) in [5.74, 6) is 1.98. The molecule has 36 heavy (non-hydrogen) atoms. The van der Waals surface area contributed by atoms with Gasteiger partial charge < -0.3 is 19.3 Å². The van der Waals surface area contributed by atoms with Crippen molar-refractivity contribution in [2.24, 2.45) is 5.10 Å². The monoisotopic (exact) mass is 491 g/mol. The number of piperidine rings is 1. The molecule has 2 aliphatic heterocycles. The Morgan fingerprint density at radius 1 is 0.889 bits per heavy atom. The van der Waals surface area contributed by atoms with E-state index in [9.17, 15) is 4.39 Å². The van der Waals surface area contributed by atoms with Crippen LogP contribution in [0.25, 0.3) is 0 Å². The number of nitrogens with zero attached hydrogens (tertiary/aromatic N) is 6. The Hall–Kier alpha value is -3.79. The Kier molecular flexibility index (Phi) is 7.82. The van der Waals surface area contributed by atoms with E-state index < -0.39 is 0 Å². The third-order valence-corrected chi connectivity index (χ3v) is 6.17. The van der Waals surface area contributed by atoms with Gasteiger partial charge in [-0.1, -0.05) is 30.3 Å². The molecule has 0 radical (unpaired) electrons. The van der Waals surface area contributed by atoms with Gasteiger partial charge >= 0.3 is 0 Å². The Labute approximate surface area is 210 Å². The van der Waals surface area contributed by atoms with Gasteiger partial charge in [-0.25, -0.2) is 9.82 Å². The zero-order valence-corrected chi connectivity index (χ0v) is 20.1. The highest BCUT2D eigenvalue weighted by Gasteiger charge is 2.20. The maximum atomic E-state index is 14.0. The van der Waals surface area contributed by atoms with Crippen molar-refractivity contribution in [2.75, 3.05) is 54.6 Å². The number of anilines is 3. The molecule has 9 nitrogen and oxygen atoms in total. The maximum absolute atomic E-state index is 14.0. The summed E-state index contributed by atoms with van der Waals surface area (Å²) in [5.41, 5.74) is 4.21. The van der Waals surface area contributed by atoms with Crippen LogP contribution < -0.4 is 20.0 Å². The Balaban J connectivity index is 1.32. The van der Waals surface area contributed by atoms with E-state index in [1.165, 1.54) is 12.5 Å². The van der Waals surface area contributed by atoms with Crippen molar-refractivity contribution in [3.8, 4) is 5.75 Å². The molecule has 1 N–H and O–H groups in total. The van der Waals surface area contributed by atoms with E-state index >= 15 is 0 Å². The van der Waals surface area contributed by atoms with Crippen molar-refractivity contribution in [1.82, 2.24) is 15.0 Å². The number of ether oxygens (including phenoxy) is 2. The number of rotatable bonds is 8. The molecule has 2 aliphatic rings. The molecular weight excluding hydrogens is 461 g/mol. The average molecular weight is 492 g/mol. The third kappa shape index (κ3) is 6.06. The lowest BCUT2D eigenvalue weighted by molar-refractivity contribution is 0.122. The van der Waals surface area contributed by atoms with Crippen LogP contribution in [0.5, 0.6) is 5.75 Å². The van der Waals surface area contributed by atoms with Crippen LogP contribution in [0.1, 0.15) is 30.4 Å². The van der Waals surface area contributed by atoms with Gasteiger partial charge in [-0.2, -0.15) is 20.1 Å². The minimum Gasteiger partial charge on any atom is -0.488 e. The first-order chi connectivity index (χ1) is 17.8. The summed E-state index contributed by atoms with van der Waals surface area (Å²) in [6, 6.07) is 14.1. The van der Waals surface area contributed by atoms with Crippen LogP contribution in [-0.4, -0.2) is 60.6 Å². The second-order valence-electron chi connectivity index (χ2n) is 8.69. The minimum absolute atomic E-state index is 0.126. The topological polar surface area (TPSA) is 88.0 Å².